The molecule has 6 heteroatoms. The predicted molar refractivity (Wildman–Crippen MR) is 94.1 cm³/mol. The third kappa shape index (κ3) is 5.33. The molecule has 0 spiro atoms. The van der Waals surface area contributed by atoms with E-state index in [2.05, 4.69) is 45.3 Å². The number of rotatable bonds is 7. The van der Waals surface area contributed by atoms with E-state index >= 15 is 0 Å². The summed E-state index contributed by atoms with van der Waals surface area (Å²) in [7, 11) is 0. The topological polar surface area (TPSA) is 37.8 Å². The van der Waals surface area contributed by atoms with Gasteiger partial charge in [0.1, 0.15) is 10.0 Å². The van der Waals surface area contributed by atoms with Crippen molar-refractivity contribution < 1.29 is 0 Å². The lowest BCUT2D eigenvalue weighted by atomic mass is 10.2. The fraction of sp³-hybridized carbons (Fsp3) is 0.467. The SMILES string of the molecule is CC(C)CNCCCc1nnc(-c2cc(Br)ccc2Cl)s1. The van der Waals surface area contributed by atoms with Crippen LogP contribution in [0.4, 0.5) is 0 Å². The fourth-order valence-electron chi connectivity index (χ4n) is 1.88. The fourth-order valence-corrected chi connectivity index (χ4v) is 3.42. The Labute approximate surface area is 143 Å². The maximum absolute atomic E-state index is 6.22. The molecular weight excluding hydrogens is 370 g/mol. The molecule has 0 radical (unpaired) electrons. The average Bonchev–Trinajstić information content (AvgIpc) is 2.89. The van der Waals surface area contributed by atoms with Crippen LogP contribution in [0.5, 0.6) is 0 Å². The summed E-state index contributed by atoms with van der Waals surface area (Å²) in [5.41, 5.74) is 0.938. The van der Waals surface area contributed by atoms with Crippen LogP contribution in [-0.4, -0.2) is 23.3 Å². The number of aryl methyl sites for hydroxylation is 1. The van der Waals surface area contributed by atoms with Crippen LogP contribution < -0.4 is 5.32 Å². The van der Waals surface area contributed by atoms with Gasteiger partial charge < -0.3 is 5.32 Å². The van der Waals surface area contributed by atoms with Crippen LogP contribution in [0.2, 0.25) is 5.02 Å². The van der Waals surface area contributed by atoms with E-state index in [1.165, 1.54) is 0 Å². The summed E-state index contributed by atoms with van der Waals surface area (Å²) >= 11 is 11.3. The van der Waals surface area contributed by atoms with Crippen molar-refractivity contribution in [3.63, 3.8) is 0 Å². The molecule has 0 aliphatic carbocycles. The van der Waals surface area contributed by atoms with Gasteiger partial charge in [-0.1, -0.05) is 52.7 Å². The molecule has 114 valence electrons. The van der Waals surface area contributed by atoms with Gasteiger partial charge in [0.05, 0.1) is 5.02 Å². The number of aromatic nitrogens is 2. The van der Waals surface area contributed by atoms with Crippen LogP contribution >= 0.6 is 38.9 Å². The Hall–Kier alpha value is -0.490. The first-order valence-electron chi connectivity index (χ1n) is 7.05. The molecule has 1 heterocycles. The molecule has 2 aromatic rings. The van der Waals surface area contributed by atoms with Crippen LogP contribution in [0.1, 0.15) is 25.3 Å². The first-order chi connectivity index (χ1) is 10.1. The minimum Gasteiger partial charge on any atom is -0.316 e. The van der Waals surface area contributed by atoms with Crippen molar-refractivity contribution >= 4 is 38.9 Å². The van der Waals surface area contributed by atoms with Crippen molar-refractivity contribution in [2.24, 2.45) is 5.92 Å². The lowest BCUT2D eigenvalue weighted by molar-refractivity contribution is 0.542. The highest BCUT2D eigenvalue weighted by Gasteiger charge is 2.10. The number of nitrogens with one attached hydrogen (secondary N) is 1. The van der Waals surface area contributed by atoms with Gasteiger partial charge in [0.2, 0.25) is 0 Å². The van der Waals surface area contributed by atoms with Gasteiger partial charge in [-0.25, -0.2) is 0 Å². The second-order valence-electron chi connectivity index (χ2n) is 5.33. The molecule has 0 fully saturated rings. The van der Waals surface area contributed by atoms with Crippen LogP contribution in [0.15, 0.2) is 22.7 Å². The van der Waals surface area contributed by atoms with Gasteiger partial charge in [-0.3, -0.25) is 0 Å². The van der Waals surface area contributed by atoms with E-state index in [0.717, 1.165) is 46.0 Å². The average molecular weight is 389 g/mol. The Bertz CT molecular complexity index is 586. The van der Waals surface area contributed by atoms with Crippen molar-refractivity contribution in [2.75, 3.05) is 13.1 Å². The van der Waals surface area contributed by atoms with Gasteiger partial charge >= 0.3 is 0 Å². The molecule has 3 nitrogen and oxygen atoms in total. The van der Waals surface area contributed by atoms with Gasteiger partial charge in [-0.15, -0.1) is 10.2 Å². The van der Waals surface area contributed by atoms with E-state index in [9.17, 15) is 0 Å². The molecule has 0 aliphatic heterocycles. The maximum Gasteiger partial charge on any atom is 0.149 e. The first-order valence-corrected chi connectivity index (χ1v) is 9.03. The van der Waals surface area contributed by atoms with Crippen molar-refractivity contribution in [3.8, 4) is 10.6 Å². The smallest absolute Gasteiger partial charge is 0.149 e. The van der Waals surface area contributed by atoms with Gasteiger partial charge in [-0.2, -0.15) is 0 Å². The van der Waals surface area contributed by atoms with Crippen molar-refractivity contribution in [3.05, 3.63) is 32.7 Å². The zero-order valence-corrected chi connectivity index (χ0v) is 15.4. The standard InChI is InChI=1S/C15H19BrClN3S/c1-10(2)9-18-7-3-4-14-19-20-15(21-14)12-8-11(16)5-6-13(12)17/h5-6,8,10,18H,3-4,7,9H2,1-2H3. The van der Waals surface area contributed by atoms with Gasteiger partial charge in [0.15, 0.2) is 0 Å². The number of benzene rings is 1. The first kappa shape index (κ1) is 16.9. The van der Waals surface area contributed by atoms with E-state index in [0.29, 0.717) is 10.9 Å². The number of hydrogen-bond acceptors (Lipinski definition) is 4. The monoisotopic (exact) mass is 387 g/mol. The summed E-state index contributed by atoms with van der Waals surface area (Å²) in [6.45, 7) is 6.51. The van der Waals surface area contributed by atoms with Crippen molar-refractivity contribution in [2.45, 2.75) is 26.7 Å². The summed E-state index contributed by atoms with van der Waals surface area (Å²) < 4.78 is 0.997. The van der Waals surface area contributed by atoms with Crippen LogP contribution in [-0.2, 0) is 6.42 Å². The Balaban J connectivity index is 1.91. The molecule has 0 amide bonds. The second-order valence-corrected chi connectivity index (χ2v) is 7.71. The van der Waals surface area contributed by atoms with Gasteiger partial charge in [0, 0.05) is 16.5 Å². The Morgan fingerprint density at radius 2 is 2.14 bits per heavy atom. The normalized spacial score (nSPS) is 11.3. The minimum atomic E-state index is 0.691. The van der Waals surface area contributed by atoms with Gasteiger partial charge in [0.25, 0.3) is 0 Å². The third-order valence-corrected chi connectivity index (χ3v) is 4.76. The molecule has 0 bridgehead atoms. The zero-order chi connectivity index (χ0) is 15.2. The lowest BCUT2D eigenvalue weighted by Crippen LogP contribution is -2.21. The number of nitrogens with zero attached hydrogens (tertiary/aromatic N) is 2. The van der Waals surface area contributed by atoms with E-state index in [4.69, 9.17) is 11.6 Å². The summed E-state index contributed by atoms with van der Waals surface area (Å²) in [6.07, 6.45) is 2.03. The van der Waals surface area contributed by atoms with Crippen LogP contribution in [0, 0.1) is 5.92 Å². The molecule has 0 saturated heterocycles. The zero-order valence-electron chi connectivity index (χ0n) is 12.2. The number of hydrogen-bond donors (Lipinski definition) is 1. The largest absolute Gasteiger partial charge is 0.316 e. The molecule has 1 N–H and O–H groups in total. The molecule has 0 atom stereocenters. The molecule has 0 saturated carbocycles. The molecule has 0 aliphatic rings. The van der Waals surface area contributed by atoms with Crippen molar-refractivity contribution in [1.82, 2.24) is 15.5 Å². The highest BCUT2D eigenvalue weighted by atomic mass is 79.9. The van der Waals surface area contributed by atoms with Crippen LogP contribution in [0.25, 0.3) is 10.6 Å². The van der Waals surface area contributed by atoms with E-state index in [1.54, 1.807) is 11.3 Å². The predicted octanol–water partition coefficient (Wildman–Crippen LogP) is 4.80. The summed E-state index contributed by atoms with van der Waals surface area (Å²) in [5.74, 6) is 0.691. The molecular formula is C15H19BrClN3S. The van der Waals surface area contributed by atoms with E-state index < -0.39 is 0 Å². The minimum absolute atomic E-state index is 0.691. The Morgan fingerprint density at radius 1 is 1.33 bits per heavy atom. The summed E-state index contributed by atoms with van der Waals surface area (Å²) in [5, 5.41) is 14.6. The third-order valence-electron chi connectivity index (χ3n) is 2.92. The molecule has 1 aromatic carbocycles. The number of halogens is 2. The summed E-state index contributed by atoms with van der Waals surface area (Å²) in [4.78, 5) is 0. The Morgan fingerprint density at radius 3 is 2.90 bits per heavy atom. The highest BCUT2D eigenvalue weighted by molar-refractivity contribution is 9.10. The second kappa shape index (κ2) is 8.22. The molecule has 0 unspecified atom stereocenters. The van der Waals surface area contributed by atoms with E-state index in [1.807, 2.05) is 18.2 Å². The van der Waals surface area contributed by atoms with Gasteiger partial charge in [-0.05, 0) is 43.6 Å². The molecule has 1 aromatic heterocycles. The molecule has 2 rings (SSSR count). The summed E-state index contributed by atoms with van der Waals surface area (Å²) in [6, 6.07) is 5.78. The van der Waals surface area contributed by atoms with Crippen LogP contribution in [0.3, 0.4) is 0 Å². The quantitative estimate of drug-likeness (QED) is 0.692. The maximum atomic E-state index is 6.22. The Kier molecular flexibility index (Phi) is 6.61. The molecule has 21 heavy (non-hydrogen) atoms. The highest BCUT2D eigenvalue weighted by Crippen LogP contribution is 2.32. The van der Waals surface area contributed by atoms with Crippen molar-refractivity contribution in [1.29, 1.82) is 0 Å². The lowest BCUT2D eigenvalue weighted by Gasteiger charge is -2.05. The van der Waals surface area contributed by atoms with E-state index in [-0.39, 0.29) is 0 Å².